The molecule has 0 aromatic carbocycles. The van der Waals surface area contributed by atoms with Crippen molar-refractivity contribution in [1.82, 2.24) is 9.97 Å². The quantitative estimate of drug-likeness (QED) is 0.718. The molecule has 0 bridgehead atoms. The van der Waals surface area contributed by atoms with Crippen molar-refractivity contribution in [2.45, 2.75) is 44.9 Å². The van der Waals surface area contributed by atoms with E-state index < -0.39 is 0 Å². The van der Waals surface area contributed by atoms with Crippen LogP contribution in [0.25, 0.3) is 0 Å². The van der Waals surface area contributed by atoms with Crippen LogP contribution < -0.4 is 4.74 Å². The molecule has 1 aromatic heterocycles. The predicted octanol–water partition coefficient (Wildman–Crippen LogP) is 3.39. The van der Waals surface area contributed by atoms with Crippen molar-refractivity contribution < 1.29 is 4.74 Å². The Morgan fingerprint density at radius 3 is 2.75 bits per heavy atom. The van der Waals surface area contributed by atoms with E-state index in [2.05, 4.69) is 30.7 Å². The van der Waals surface area contributed by atoms with Gasteiger partial charge in [0.25, 0.3) is 0 Å². The maximum absolute atomic E-state index is 6.20. The molecule has 0 saturated carbocycles. The summed E-state index contributed by atoms with van der Waals surface area (Å²) in [7, 11) is 0. The molecular formula is C12H19ClN2O. The van der Waals surface area contributed by atoms with Gasteiger partial charge in [-0.25, -0.2) is 4.98 Å². The predicted molar refractivity (Wildman–Crippen MR) is 66.2 cm³/mol. The van der Waals surface area contributed by atoms with Crippen molar-refractivity contribution in [1.29, 1.82) is 0 Å². The van der Waals surface area contributed by atoms with Crippen LogP contribution in [0.2, 0.25) is 0 Å². The van der Waals surface area contributed by atoms with Gasteiger partial charge in [-0.05, 0) is 12.8 Å². The number of nitrogens with zero attached hydrogens (tertiary/aromatic N) is 2. The third kappa shape index (κ3) is 3.63. The molecule has 0 amide bonds. The molecule has 3 nitrogen and oxygen atoms in total. The topological polar surface area (TPSA) is 35.0 Å². The molecule has 0 aliphatic rings. The maximum Gasteiger partial charge on any atom is 0.232 e. The third-order valence-electron chi connectivity index (χ3n) is 2.48. The number of halogens is 1. The van der Waals surface area contributed by atoms with Crippen molar-refractivity contribution >= 4 is 11.6 Å². The third-order valence-corrected chi connectivity index (χ3v) is 3.17. The summed E-state index contributed by atoms with van der Waals surface area (Å²) in [6.45, 7) is 6.87. The standard InChI is InChI=1S/C12H19ClN2O/c1-4-6-16-12-8-14-7-11(15-12)9(3)10(13)5-2/h7-10H,4-6H2,1-3H3. The van der Waals surface area contributed by atoms with Gasteiger partial charge in [-0.3, -0.25) is 4.98 Å². The van der Waals surface area contributed by atoms with Crippen molar-refractivity contribution in [2.24, 2.45) is 0 Å². The fraction of sp³-hybridized carbons (Fsp3) is 0.667. The monoisotopic (exact) mass is 242 g/mol. The summed E-state index contributed by atoms with van der Waals surface area (Å²) >= 11 is 6.20. The highest BCUT2D eigenvalue weighted by molar-refractivity contribution is 6.21. The fourth-order valence-electron chi connectivity index (χ4n) is 1.40. The minimum atomic E-state index is 0.0933. The Balaban J connectivity index is 2.73. The zero-order valence-electron chi connectivity index (χ0n) is 10.1. The van der Waals surface area contributed by atoms with E-state index in [1.54, 1.807) is 12.4 Å². The van der Waals surface area contributed by atoms with E-state index in [-0.39, 0.29) is 11.3 Å². The van der Waals surface area contributed by atoms with Gasteiger partial charge >= 0.3 is 0 Å². The lowest BCUT2D eigenvalue weighted by Crippen LogP contribution is -2.11. The van der Waals surface area contributed by atoms with Gasteiger partial charge in [0.05, 0.1) is 18.5 Å². The van der Waals surface area contributed by atoms with Crippen molar-refractivity contribution in [3.05, 3.63) is 18.1 Å². The first-order chi connectivity index (χ1) is 7.69. The highest BCUT2D eigenvalue weighted by atomic mass is 35.5. The van der Waals surface area contributed by atoms with Crippen LogP contribution in [0.4, 0.5) is 0 Å². The molecule has 0 N–H and O–H groups in total. The molecule has 0 aliphatic heterocycles. The second-order valence-electron chi connectivity index (χ2n) is 3.84. The van der Waals surface area contributed by atoms with E-state index in [1.165, 1.54) is 0 Å². The number of ether oxygens (including phenoxy) is 1. The van der Waals surface area contributed by atoms with Gasteiger partial charge in [-0.2, -0.15) is 0 Å². The Morgan fingerprint density at radius 1 is 1.38 bits per heavy atom. The molecule has 90 valence electrons. The largest absolute Gasteiger partial charge is 0.477 e. The Bertz CT molecular complexity index is 320. The minimum absolute atomic E-state index is 0.0933. The Hall–Kier alpha value is -0.830. The lowest BCUT2D eigenvalue weighted by atomic mass is 10.0. The van der Waals surface area contributed by atoms with Crippen LogP contribution in [-0.4, -0.2) is 22.0 Å². The van der Waals surface area contributed by atoms with Crippen LogP contribution >= 0.6 is 11.6 Å². The average molecular weight is 243 g/mol. The first kappa shape index (κ1) is 13.2. The van der Waals surface area contributed by atoms with Crippen LogP contribution in [0.15, 0.2) is 12.4 Å². The van der Waals surface area contributed by atoms with Crippen molar-refractivity contribution in [2.75, 3.05) is 6.61 Å². The van der Waals surface area contributed by atoms with Gasteiger partial charge in [-0.15, -0.1) is 11.6 Å². The van der Waals surface area contributed by atoms with E-state index in [9.17, 15) is 0 Å². The number of hydrogen-bond acceptors (Lipinski definition) is 3. The van der Waals surface area contributed by atoms with E-state index in [4.69, 9.17) is 16.3 Å². The number of aromatic nitrogens is 2. The van der Waals surface area contributed by atoms with Gasteiger partial charge in [0.15, 0.2) is 0 Å². The first-order valence-electron chi connectivity index (χ1n) is 5.77. The average Bonchev–Trinajstić information content (AvgIpc) is 2.34. The number of alkyl halides is 1. The molecule has 1 aromatic rings. The Labute approximate surface area is 102 Å². The molecule has 16 heavy (non-hydrogen) atoms. The molecule has 0 radical (unpaired) electrons. The minimum Gasteiger partial charge on any atom is -0.477 e. The Kier molecular flexibility index (Phi) is 5.53. The van der Waals surface area contributed by atoms with Gasteiger partial charge in [0, 0.05) is 17.5 Å². The van der Waals surface area contributed by atoms with E-state index >= 15 is 0 Å². The maximum atomic E-state index is 6.20. The van der Waals surface area contributed by atoms with Gasteiger partial charge < -0.3 is 4.74 Å². The second kappa shape index (κ2) is 6.69. The van der Waals surface area contributed by atoms with Gasteiger partial charge in [0.2, 0.25) is 5.88 Å². The van der Waals surface area contributed by atoms with Crippen LogP contribution in [0, 0.1) is 0 Å². The van der Waals surface area contributed by atoms with Crippen LogP contribution in [0.1, 0.15) is 45.2 Å². The van der Waals surface area contributed by atoms with Crippen molar-refractivity contribution in [3.63, 3.8) is 0 Å². The fourth-order valence-corrected chi connectivity index (χ4v) is 1.53. The smallest absolute Gasteiger partial charge is 0.232 e. The molecule has 4 heteroatoms. The number of hydrogen-bond donors (Lipinski definition) is 0. The van der Waals surface area contributed by atoms with Crippen LogP contribution in [0.3, 0.4) is 0 Å². The Morgan fingerprint density at radius 2 is 2.12 bits per heavy atom. The molecule has 0 fully saturated rings. The van der Waals surface area contributed by atoms with Gasteiger partial charge in [0.1, 0.15) is 0 Å². The summed E-state index contributed by atoms with van der Waals surface area (Å²) in [4.78, 5) is 8.54. The molecular weight excluding hydrogens is 224 g/mol. The lowest BCUT2D eigenvalue weighted by Gasteiger charge is -2.15. The summed E-state index contributed by atoms with van der Waals surface area (Å²) in [5.74, 6) is 0.788. The second-order valence-corrected chi connectivity index (χ2v) is 4.40. The van der Waals surface area contributed by atoms with Gasteiger partial charge in [-0.1, -0.05) is 20.8 Å². The number of rotatable bonds is 6. The van der Waals surface area contributed by atoms with E-state index in [0.717, 1.165) is 18.5 Å². The zero-order valence-corrected chi connectivity index (χ0v) is 10.9. The zero-order chi connectivity index (χ0) is 12.0. The van der Waals surface area contributed by atoms with Crippen LogP contribution in [-0.2, 0) is 0 Å². The highest BCUT2D eigenvalue weighted by Gasteiger charge is 2.16. The summed E-state index contributed by atoms with van der Waals surface area (Å²) < 4.78 is 5.44. The SMILES string of the molecule is CCCOc1cncc(C(C)C(Cl)CC)n1. The molecule has 0 spiro atoms. The summed E-state index contributed by atoms with van der Waals surface area (Å²) in [5, 5.41) is 0.0933. The summed E-state index contributed by atoms with van der Waals surface area (Å²) in [6, 6.07) is 0. The first-order valence-corrected chi connectivity index (χ1v) is 6.21. The lowest BCUT2D eigenvalue weighted by molar-refractivity contribution is 0.302. The molecule has 2 atom stereocenters. The highest BCUT2D eigenvalue weighted by Crippen LogP contribution is 2.24. The summed E-state index contributed by atoms with van der Waals surface area (Å²) in [5.41, 5.74) is 0.899. The van der Waals surface area contributed by atoms with E-state index in [0.29, 0.717) is 12.5 Å². The van der Waals surface area contributed by atoms with Crippen molar-refractivity contribution in [3.8, 4) is 5.88 Å². The normalized spacial score (nSPS) is 14.5. The molecule has 0 saturated heterocycles. The van der Waals surface area contributed by atoms with Crippen LogP contribution in [0.5, 0.6) is 5.88 Å². The molecule has 1 rings (SSSR count). The molecule has 2 unspecified atom stereocenters. The molecule has 0 aliphatic carbocycles. The summed E-state index contributed by atoms with van der Waals surface area (Å²) in [6.07, 6.45) is 5.29. The molecule has 1 heterocycles. The van der Waals surface area contributed by atoms with E-state index in [1.807, 2.05) is 0 Å².